The molecule has 0 aliphatic rings. The number of thioether (sulfide) groups is 1. The van der Waals surface area contributed by atoms with Crippen molar-refractivity contribution in [2.75, 3.05) is 29.9 Å². The van der Waals surface area contributed by atoms with Gasteiger partial charge in [-0.1, -0.05) is 17.7 Å². The number of sulfonamides is 1. The number of hydrogen-bond donors (Lipinski definition) is 1. The lowest BCUT2D eigenvalue weighted by molar-refractivity contribution is 0.0956. The molecule has 0 radical (unpaired) electrons. The molecule has 1 amide bonds. The van der Waals surface area contributed by atoms with E-state index in [0.717, 1.165) is 12.0 Å². The van der Waals surface area contributed by atoms with Crippen molar-refractivity contribution in [2.24, 2.45) is 0 Å². The van der Waals surface area contributed by atoms with E-state index < -0.39 is 10.0 Å². The van der Waals surface area contributed by atoms with E-state index in [0.29, 0.717) is 17.8 Å². The van der Waals surface area contributed by atoms with Gasteiger partial charge in [0.2, 0.25) is 10.0 Å². The van der Waals surface area contributed by atoms with Gasteiger partial charge in [-0.05, 0) is 43.3 Å². The maximum absolute atomic E-state index is 12.1. The van der Waals surface area contributed by atoms with Gasteiger partial charge in [-0.25, -0.2) is 8.42 Å². The molecule has 2 aromatic rings. The molecule has 25 heavy (non-hydrogen) atoms. The minimum atomic E-state index is -3.31. The fourth-order valence-electron chi connectivity index (χ4n) is 2.08. The van der Waals surface area contributed by atoms with Gasteiger partial charge < -0.3 is 5.32 Å². The fraction of sp³-hybridized carbons (Fsp3) is 0.278. The topological polar surface area (TPSA) is 66.5 Å². The SMILES string of the molecule is Cc1ccc(SCCNC(=O)c2ccc(N(C)S(C)(=O)=O)cc2)cc1. The number of carbonyl (C=O) groups is 1. The highest BCUT2D eigenvalue weighted by Crippen LogP contribution is 2.18. The summed E-state index contributed by atoms with van der Waals surface area (Å²) in [6, 6.07) is 14.8. The van der Waals surface area contributed by atoms with Crippen molar-refractivity contribution in [3.8, 4) is 0 Å². The second kappa shape index (κ2) is 8.40. The van der Waals surface area contributed by atoms with Crippen LogP contribution in [0.5, 0.6) is 0 Å². The van der Waals surface area contributed by atoms with Gasteiger partial charge in [0, 0.05) is 29.8 Å². The minimum Gasteiger partial charge on any atom is -0.351 e. The van der Waals surface area contributed by atoms with Crippen LogP contribution in [0.2, 0.25) is 0 Å². The molecule has 1 N–H and O–H groups in total. The van der Waals surface area contributed by atoms with Crippen LogP contribution < -0.4 is 9.62 Å². The van der Waals surface area contributed by atoms with Gasteiger partial charge in [-0.3, -0.25) is 9.10 Å². The van der Waals surface area contributed by atoms with Crippen molar-refractivity contribution in [1.82, 2.24) is 5.32 Å². The van der Waals surface area contributed by atoms with Gasteiger partial charge in [0.05, 0.1) is 11.9 Å². The number of rotatable bonds is 7. The number of nitrogens with one attached hydrogen (secondary N) is 1. The Bertz CT molecular complexity index is 816. The highest BCUT2D eigenvalue weighted by Gasteiger charge is 2.12. The standard InChI is InChI=1S/C18H22N2O3S2/c1-14-4-10-17(11-5-14)24-13-12-19-18(21)15-6-8-16(9-7-15)20(2)25(3,22)23/h4-11H,12-13H2,1-3H3,(H,19,21). The highest BCUT2D eigenvalue weighted by molar-refractivity contribution is 7.99. The maximum atomic E-state index is 12.1. The first-order chi connectivity index (χ1) is 11.8. The van der Waals surface area contributed by atoms with E-state index >= 15 is 0 Å². The molecule has 0 aliphatic carbocycles. The lowest BCUT2D eigenvalue weighted by Crippen LogP contribution is -2.26. The van der Waals surface area contributed by atoms with E-state index in [1.54, 1.807) is 36.0 Å². The number of nitrogens with zero attached hydrogens (tertiary/aromatic N) is 1. The number of anilines is 1. The molecule has 0 saturated carbocycles. The molecule has 0 saturated heterocycles. The Morgan fingerprint density at radius 2 is 1.68 bits per heavy atom. The summed E-state index contributed by atoms with van der Waals surface area (Å²) in [7, 11) is -1.83. The zero-order valence-electron chi connectivity index (χ0n) is 14.5. The normalized spacial score (nSPS) is 11.2. The molecule has 2 rings (SSSR count). The van der Waals surface area contributed by atoms with Crippen molar-refractivity contribution in [3.63, 3.8) is 0 Å². The smallest absolute Gasteiger partial charge is 0.251 e. The monoisotopic (exact) mass is 378 g/mol. The molecule has 0 fully saturated rings. The molecular weight excluding hydrogens is 356 g/mol. The number of aryl methyl sites for hydroxylation is 1. The first kappa shape index (κ1) is 19.3. The van der Waals surface area contributed by atoms with Crippen LogP contribution in [-0.2, 0) is 10.0 Å². The Balaban J connectivity index is 1.83. The van der Waals surface area contributed by atoms with E-state index in [9.17, 15) is 13.2 Å². The average Bonchev–Trinajstić information content (AvgIpc) is 2.58. The molecule has 0 aromatic heterocycles. The summed E-state index contributed by atoms with van der Waals surface area (Å²) in [6.07, 6.45) is 1.14. The van der Waals surface area contributed by atoms with Gasteiger partial charge in [-0.15, -0.1) is 11.8 Å². The van der Waals surface area contributed by atoms with E-state index in [4.69, 9.17) is 0 Å². The van der Waals surface area contributed by atoms with Crippen LogP contribution in [0.1, 0.15) is 15.9 Å². The van der Waals surface area contributed by atoms with E-state index in [1.165, 1.54) is 21.8 Å². The Morgan fingerprint density at radius 3 is 2.24 bits per heavy atom. The van der Waals surface area contributed by atoms with Crippen molar-refractivity contribution < 1.29 is 13.2 Å². The summed E-state index contributed by atoms with van der Waals surface area (Å²) in [6.45, 7) is 2.61. The Hall–Kier alpha value is -1.99. The zero-order valence-corrected chi connectivity index (χ0v) is 16.2. The quantitative estimate of drug-likeness (QED) is 0.594. The summed E-state index contributed by atoms with van der Waals surface area (Å²) >= 11 is 1.69. The van der Waals surface area contributed by atoms with Gasteiger partial charge in [0.1, 0.15) is 0 Å². The Morgan fingerprint density at radius 1 is 1.08 bits per heavy atom. The number of hydrogen-bond acceptors (Lipinski definition) is 4. The third kappa shape index (κ3) is 5.79. The molecule has 5 nitrogen and oxygen atoms in total. The molecule has 0 aliphatic heterocycles. The molecule has 7 heteroatoms. The first-order valence-corrected chi connectivity index (χ1v) is 10.6. The first-order valence-electron chi connectivity index (χ1n) is 7.79. The second-order valence-corrected chi connectivity index (χ2v) is 8.88. The maximum Gasteiger partial charge on any atom is 0.251 e. The molecule has 0 heterocycles. The fourth-order valence-corrected chi connectivity index (χ4v) is 3.36. The summed E-state index contributed by atoms with van der Waals surface area (Å²) < 4.78 is 24.2. The van der Waals surface area contributed by atoms with Crippen LogP contribution in [0.3, 0.4) is 0 Å². The molecule has 0 unspecified atom stereocenters. The zero-order chi connectivity index (χ0) is 18.4. The van der Waals surface area contributed by atoms with Crippen LogP contribution in [-0.4, -0.2) is 39.9 Å². The third-order valence-corrected chi connectivity index (χ3v) is 5.89. The van der Waals surface area contributed by atoms with E-state index in [1.807, 2.05) is 6.92 Å². The number of benzene rings is 2. The van der Waals surface area contributed by atoms with Gasteiger partial charge in [0.25, 0.3) is 5.91 Å². The molecule has 0 atom stereocenters. The van der Waals surface area contributed by atoms with Gasteiger partial charge >= 0.3 is 0 Å². The van der Waals surface area contributed by atoms with Crippen LogP contribution in [0.4, 0.5) is 5.69 Å². The van der Waals surface area contributed by atoms with Crippen molar-refractivity contribution in [3.05, 3.63) is 59.7 Å². The predicted molar refractivity (Wildman–Crippen MR) is 104 cm³/mol. The minimum absolute atomic E-state index is 0.168. The van der Waals surface area contributed by atoms with Crippen molar-refractivity contribution in [1.29, 1.82) is 0 Å². The van der Waals surface area contributed by atoms with Gasteiger partial charge in [0.15, 0.2) is 0 Å². The lowest BCUT2D eigenvalue weighted by Gasteiger charge is -2.16. The number of carbonyl (C=O) groups excluding carboxylic acids is 1. The van der Waals surface area contributed by atoms with Gasteiger partial charge in [-0.2, -0.15) is 0 Å². The summed E-state index contributed by atoms with van der Waals surface area (Å²) in [5.41, 5.74) is 2.25. The molecule has 134 valence electrons. The van der Waals surface area contributed by atoms with Crippen LogP contribution in [0, 0.1) is 6.92 Å². The predicted octanol–water partition coefficient (Wildman–Crippen LogP) is 2.91. The Labute approximate surface area is 153 Å². The summed E-state index contributed by atoms with van der Waals surface area (Å²) in [5, 5.41) is 2.87. The molecule has 0 spiro atoms. The third-order valence-electron chi connectivity index (χ3n) is 3.67. The largest absolute Gasteiger partial charge is 0.351 e. The highest BCUT2D eigenvalue weighted by atomic mass is 32.2. The lowest BCUT2D eigenvalue weighted by atomic mass is 10.2. The number of amides is 1. The van der Waals surface area contributed by atoms with E-state index in [2.05, 4.69) is 29.6 Å². The second-order valence-electron chi connectivity index (χ2n) is 5.69. The van der Waals surface area contributed by atoms with Crippen molar-refractivity contribution >= 4 is 33.4 Å². The Kier molecular flexibility index (Phi) is 6.50. The molecule has 2 aromatic carbocycles. The molecular formula is C18H22N2O3S2. The summed E-state index contributed by atoms with van der Waals surface area (Å²) in [4.78, 5) is 13.3. The van der Waals surface area contributed by atoms with Crippen molar-refractivity contribution in [2.45, 2.75) is 11.8 Å². The van der Waals surface area contributed by atoms with E-state index in [-0.39, 0.29) is 5.91 Å². The summed E-state index contributed by atoms with van der Waals surface area (Å²) in [5.74, 6) is 0.613. The average molecular weight is 379 g/mol. The van der Waals surface area contributed by atoms with Crippen LogP contribution in [0.25, 0.3) is 0 Å². The van der Waals surface area contributed by atoms with Crippen LogP contribution in [0.15, 0.2) is 53.4 Å². The van der Waals surface area contributed by atoms with Crippen LogP contribution >= 0.6 is 11.8 Å². The molecule has 0 bridgehead atoms.